The Kier molecular flexibility index (Phi) is 6.43. The van der Waals surface area contributed by atoms with Gasteiger partial charge < -0.3 is 15.6 Å². The average molecular weight is 253 g/mol. The zero-order valence-electron chi connectivity index (χ0n) is 11.2. The number of aromatic nitrogens is 1. The molecule has 0 aliphatic rings. The van der Waals surface area contributed by atoms with Gasteiger partial charge in [0.2, 0.25) is 5.91 Å². The summed E-state index contributed by atoms with van der Waals surface area (Å²) in [6.45, 7) is 5.09. The molecule has 1 atom stereocenters. The van der Waals surface area contributed by atoms with Gasteiger partial charge in [0.05, 0.1) is 6.54 Å². The van der Waals surface area contributed by atoms with E-state index in [9.17, 15) is 4.79 Å². The highest BCUT2D eigenvalue weighted by Gasteiger charge is 2.09. The highest BCUT2D eigenvalue weighted by molar-refractivity contribution is 5.75. The summed E-state index contributed by atoms with van der Waals surface area (Å²) in [5.41, 5.74) is 6.29. The van der Waals surface area contributed by atoms with Crippen LogP contribution < -0.4 is 11.1 Å². The molecule has 1 aromatic heterocycles. The Morgan fingerprint density at radius 1 is 1.56 bits per heavy atom. The van der Waals surface area contributed by atoms with E-state index in [1.807, 2.05) is 13.0 Å². The third kappa shape index (κ3) is 5.31. The van der Waals surface area contributed by atoms with E-state index in [1.165, 1.54) is 0 Å². The van der Waals surface area contributed by atoms with E-state index in [0.29, 0.717) is 25.4 Å². The molecule has 1 unspecified atom stereocenters. The van der Waals surface area contributed by atoms with Crippen LogP contribution in [0.3, 0.4) is 0 Å². The smallest absolute Gasteiger partial charge is 0.220 e. The first-order chi connectivity index (χ1) is 8.65. The van der Waals surface area contributed by atoms with Crippen LogP contribution in [0.5, 0.6) is 0 Å². The van der Waals surface area contributed by atoms with Gasteiger partial charge in [-0.3, -0.25) is 4.79 Å². The molecule has 5 nitrogen and oxygen atoms in total. The number of rotatable bonds is 8. The molecule has 1 aromatic rings. The Bertz CT molecular complexity index is 363. The molecule has 0 aromatic carbocycles. The van der Waals surface area contributed by atoms with Crippen molar-refractivity contribution in [1.82, 2.24) is 10.5 Å². The fourth-order valence-corrected chi connectivity index (χ4v) is 1.90. The second kappa shape index (κ2) is 7.87. The molecule has 0 saturated carbocycles. The Hall–Kier alpha value is -1.36. The third-order valence-corrected chi connectivity index (χ3v) is 3.08. The van der Waals surface area contributed by atoms with Gasteiger partial charge in [-0.2, -0.15) is 0 Å². The van der Waals surface area contributed by atoms with Gasteiger partial charge in [-0.15, -0.1) is 0 Å². The molecule has 0 fully saturated rings. The fraction of sp³-hybridized carbons (Fsp3) is 0.692. The summed E-state index contributed by atoms with van der Waals surface area (Å²) in [5, 5.41) is 6.66. The largest absolute Gasteiger partial charge is 0.361 e. The molecule has 5 heteroatoms. The van der Waals surface area contributed by atoms with Gasteiger partial charge in [0.1, 0.15) is 11.5 Å². The number of carbonyl (C=O) groups is 1. The number of hydrogen-bond donors (Lipinski definition) is 2. The minimum Gasteiger partial charge on any atom is -0.361 e. The maximum absolute atomic E-state index is 11.6. The molecule has 102 valence electrons. The highest BCUT2D eigenvalue weighted by atomic mass is 16.5. The monoisotopic (exact) mass is 253 g/mol. The molecular formula is C13H23N3O2. The van der Waals surface area contributed by atoms with Crippen molar-refractivity contribution in [2.45, 2.75) is 46.1 Å². The van der Waals surface area contributed by atoms with E-state index in [-0.39, 0.29) is 5.91 Å². The van der Waals surface area contributed by atoms with Crippen LogP contribution in [-0.4, -0.2) is 17.6 Å². The van der Waals surface area contributed by atoms with Crippen molar-refractivity contribution in [1.29, 1.82) is 0 Å². The van der Waals surface area contributed by atoms with Crippen LogP contribution in [0.1, 0.15) is 44.1 Å². The van der Waals surface area contributed by atoms with Crippen LogP contribution >= 0.6 is 0 Å². The first-order valence-corrected chi connectivity index (χ1v) is 6.54. The van der Waals surface area contributed by atoms with Crippen LogP contribution in [0.4, 0.5) is 0 Å². The number of nitrogens with two attached hydrogens (primary N) is 1. The first-order valence-electron chi connectivity index (χ1n) is 6.54. The van der Waals surface area contributed by atoms with Crippen LogP contribution in [0.15, 0.2) is 10.6 Å². The van der Waals surface area contributed by atoms with Gasteiger partial charge in [-0.05, 0) is 32.2 Å². The SMILES string of the molecule is CCC(CCN)CCC(=O)NCc1cc(C)on1. The molecule has 0 aliphatic carbocycles. The standard InChI is InChI=1S/C13H23N3O2/c1-3-11(6-7-14)4-5-13(17)15-9-12-8-10(2)18-16-12/h8,11H,3-7,9,14H2,1-2H3,(H,15,17). The number of carbonyl (C=O) groups excluding carboxylic acids is 1. The second-order valence-electron chi connectivity index (χ2n) is 4.60. The lowest BCUT2D eigenvalue weighted by molar-refractivity contribution is -0.121. The lowest BCUT2D eigenvalue weighted by Crippen LogP contribution is -2.23. The maximum atomic E-state index is 11.6. The molecule has 1 amide bonds. The Labute approximate surface area is 108 Å². The number of hydrogen-bond acceptors (Lipinski definition) is 4. The minimum atomic E-state index is 0.0612. The average Bonchev–Trinajstić information content (AvgIpc) is 2.77. The van der Waals surface area contributed by atoms with Gasteiger partial charge in [-0.25, -0.2) is 0 Å². The van der Waals surface area contributed by atoms with Crippen LogP contribution in [-0.2, 0) is 11.3 Å². The number of amides is 1. The molecule has 0 saturated heterocycles. The van der Waals surface area contributed by atoms with Gasteiger partial charge in [0.15, 0.2) is 0 Å². The van der Waals surface area contributed by atoms with Crippen molar-refractivity contribution in [3.63, 3.8) is 0 Å². The molecule has 1 rings (SSSR count). The number of nitrogens with one attached hydrogen (secondary N) is 1. The van der Waals surface area contributed by atoms with E-state index in [2.05, 4.69) is 17.4 Å². The highest BCUT2D eigenvalue weighted by Crippen LogP contribution is 2.14. The zero-order valence-corrected chi connectivity index (χ0v) is 11.2. The predicted molar refractivity (Wildman–Crippen MR) is 69.8 cm³/mol. The summed E-state index contributed by atoms with van der Waals surface area (Å²) in [7, 11) is 0. The molecule has 3 N–H and O–H groups in total. The summed E-state index contributed by atoms with van der Waals surface area (Å²) >= 11 is 0. The maximum Gasteiger partial charge on any atom is 0.220 e. The molecule has 0 spiro atoms. The van der Waals surface area contributed by atoms with Crippen molar-refractivity contribution < 1.29 is 9.32 Å². The Morgan fingerprint density at radius 3 is 2.89 bits per heavy atom. The second-order valence-corrected chi connectivity index (χ2v) is 4.60. The summed E-state index contributed by atoms with van der Waals surface area (Å²) in [4.78, 5) is 11.6. The number of aryl methyl sites for hydroxylation is 1. The summed E-state index contributed by atoms with van der Waals surface area (Å²) in [6.07, 6.45) is 3.52. The summed E-state index contributed by atoms with van der Waals surface area (Å²) in [5.74, 6) is 1.37. The lowest BCUT2D eigenvalue weighted by atomic mass is 9.96. The van der Waals surface area contributed by atoms with Crippen LogP contribution in [0.2, 0.25) is 0 Å². The normalized spacial score (nSPS) is 12.4. The van der Waals surface area contributed by atoms with Crippen LogP contribution in [0.25, 0.3) is 0 Å². The molecular weight excluding hydrogens is 230 g/mol. The van der Waals surface area contributed by atoms with E-state index >= 15 is 0 Å². The van der Waals surface area contributed by atoms with Crippen molar-refractivity contribution in [3.8, 4) is 0 Å². The lowest BCUT2D eigenvalue weighted by Gasteiger charge is -2.12. The van der Waals surface area contributed by atoms with Crippen LogP contribution in [0, 0.1) is 12.8 Å². The van der Waals surface area contributed by atoms with E-state index in [4.69, 9.17) is 10.3 Å². The van der Waals surface area contributed by atoms with E-state index < -0.39 is 0 Å². The van der Waals surface area contributed by atoms with Gasteiger partial charge in [0.25, 0.3) is 0 Å². The molecule has 0 bridgehead atoms. The topological polar surface area (TPSA) is 81.2 Å². The van der Waals surface area contributed by atoms with Gasteiger partial charge >= 0.3 is 0 Å². The fourth-order valence-electron chi connectivity index (χ4n) is 1.90. The number of nitrogens with zero attached hydrogens (tertiary/aromatic N) is 1. The summed E-state index contributed by atoms with van der Waals surface area (Å²) in [6, 6.07) is 1.82. The minimum absolute atomic E-state index is 0.0612. The molecule has 0 radical (unpaired) electrons. The summed E-state index contributed by atoms with van der Waals surface area (Å²) < 4.78 is 4.93. The van der Waals surface area contributed by atoms with Crippen molar-refractivity contribution in [2.24, 2.45) is 11.7 Å². The molecule has 0 aliphatic heterocycles. The Morgan fingerprint density at radius 2 is 2.33 bits per heavy atom. The molecule has 18 heavy (non-hydrogen) atoms. The van der Waals surface area contributed by atoms with E-state index in [0.717, 1.165) is 30.7 Å². The quantitative estimate of drug-likeness (QED) is 0.739. The molecule has 1 heterocycles. The predicted octanol–water partition coefficient (Wildman–Crippen LogP) is 1.75. The van der Waals surface area contributed by atoms with Crippen molar-refractivity contribution >= 4 is 5.91 Å². The van der Waals surface area contributed by atoms with Crippen molar-refractivity contribution in [3.05, 3.63) is 17.5 Å². The zero-order chi connectivity index (χ0) is 13.4. The first kappa shape index (κ1) is 14.7. The Balaban J connectivity index is 2.21. The third-order valence-electron chi connectivity index (χ3n) is 3.08. The van der Waals surface area contributed by atoms with Gasteiger partial charge in [0, 0.05) is 12.5 Å². The van der Waals surface area contributed by atoms with E-state index in [1.54, 1.807) is 0 Å². The van der Waals surface area contributed by atoms with Gasteiger partial charge in [-0.1, -0.05) is 18.5 Å². The van der Waals surface area contributed by atoms with Crippen molar-refractivity contribution in [2.75, 3.05) is 6.54 Å².